The zero-order valence-corrected chi connectivity index (χ0v) is 7.54. The van der Waals surface area contributed by atoms with Crippen LogP contribution < -0.4 is 0 Å². The third-order valence-electron chi connectivity index (χ3n) is 1.79. The van der Waals surface area contributed by atoms with Crippen LogP contribution in [-0.2, 0) is 11.2 Å². The molecule has 0 aliphatic rings. The lowest BCUT2D eigenvalue weighted by atomic mass is 10.1. The van der Waals surface area contributed by atoms with E-state index in [-0.39, 0.29) is 0 Å². The van der Waals surface area contributed by atoms with E-state index in [0.717, 1.165) is 0 Å². The van der Waals surface area contributed by atoms with Gasteiger partial charge in [-0.3, -0.25) is 4.79 Å². The third kappa shape index (κ3) is 2.53. The monoisotopic (exact) mass is 242 g/mol. The molecule has 0 aromatic heterocycles. The first-order valence-electron chi connectivity index (χ1n) is 3.96. The Bertz CT molecular complexity index is 423. The van der Waals surface area contributed by atoms with Gasteiger partial charge in [0.05, 0.1) is 0 Å². The lowest BCUT2D eigenvalue weighted by molar-refractivity contribution is -0.170. The molecule has 0 unspecified atom stereocenters. The Labute approximate surface area is 85.7 Å². The molecule has 0 atom stereocenters. The molecular weight excluding hydrogens is 238 g/mol. The Morgan fingerprint density at radius 3 is 2.06 bits per heavy atom. The van der Waals surface area contributed by atoms with Crippen LogP contribution in [0.15, 0.2) is 12.1 Å². The predicted molar refractivity (Wildman–Crippen MR) is 41.1 cm³/mol. The van der Waals surface area contributed by atoms with Crippen LogP contribution in [0.3, 0.4) is 0 Å². The average Bonchev–Trinajstić information content (AvgIpc) is 2.17. The number of hydrogen-bond donors (Lipinski definition) is 0. The van der Waals surface area contributed by atoms with E-state index in [2.05, 4.69) is 0 Å². The first-order valence-corrected chi connectivity index (χ1v) is 3.96. The molecule has 0 amide bonds. The summed E-state index contributed by atoms with van der Waals surface area (Å²) in [6, 6.07) is 0.879. The largest absolute Gasteiger partial charge is 0.450 e. The molecular formula is C9H4F6O. The number of Topliss-reactive ketones (excluding diaryl/α,β-unsaturated/α-hetero) is 1. The van der Waals surface area contributed by atoms with E-state index in [1.807, 2.05) is 0 Å². The summed E-state index contributed by atoms with van der Waals surface area (Å²) in [5.74, 6) is -7.02. The van der Waals surface area contributed by atoms with Crippen LogP contribution >= 0.6 is 0 Å². The van der Waals surface area contributed by atoms with Gasteiger partial charge in [-0.15, -0.1) is 0 Å². The van der Waals surface area contributed by atoms with Crippen molar-refractivity contribution >= 4 is 5.78 Å². The molecule has 0 aliphatic heterocycles. The summed E-state index contributed by atoms with van der Waals surface area (Å²) in [7, 11) is 0. The molecule has 16 heavy (non-hydrogen) atoms. The van der Waals surface area contributed by atoms with Crippen molar-refractivity contribution < 1.29 is 31.1 Å². The lowest BCUT2D eigenvalue weighted by Crippen LogP contribution is -2.25. The van der Waals surface area contributed by atoms with Gasteiger partial charge in [-0.1, -0.05) is 0 Å². The summed E-state index contributed by atoms with van der Waals surface area (Å²) in [4.78, 5) is 10.5. The maximum Gasteiger partial charge on any atom is 0.450 e. The van der Waals surface area contributed by atoms with Crippen molar-refractivity contribution in [3.63, 3.8) is 0 Å². The normalized spacial score (nSPS) is 11.6. The molecule has 1 nitrogen and oxygen atoms in total. The highest BCUT2D eigenvalue weighted by molar-refractivity contribution is 5.86. The van der Waals surface area contributed by atoms with Crippen LogP contribution in [0, 0.1) is 17.5 Å². The molecule has 88 valence electrons. The number of hydrogen-bond acceptors (Lipinski definition) is 1. The summed E-state index contributed by atoms with van der Waals surface area (Å²) in [5, 5.41) is 0. The number of benzene rings is 1. The summed E-state index contributed by atoms with van der Waals surface area (Å²) in [6.07, 6.45) is -6.76. The van der Waals surface area contributed by atoms with Crippen molar-refractivity contribution in [2.24, 2.45) is 0 Å². The van der Waals surface area contributed by atoms with Crippen molar-refractivity contribution in [1.29, 1.82) is 0 Å². The molecule has 0 N–H and O–H groups in total. The smallest absolute Gasteiger partial charge is 0.289 e. The third-order valence-corrected chi connectivity index (χ3v) is 1.79. The summed E-state index contributed by atoms with van der Waals surface area (Å²) in [5.41, 5.74) is -1.22. The van der Waals surface area contributed by atoms with Crippen molar-refractivity contribution in [2.75, 3.05) is 0 Å². The van der Waals surface area contributed by atoms with Crippen LogP contribution in [0.4, 0.5) is 26.3 Å². The van der Waals surface area contributed by atoms with Gasteiger partial charge in [0.15, 0.2) is 11.6 Å². The average molecular weight is 242 g/mol. The molecule has 0 saturated carbocycles. The molecule has 1 rings (SSSR count). The summed E-state index contributed by atoms with van der Waals surface area (Å²) < 4.78 is 73.7. The number of alkyl halides is 3. The second-order valence-electron chi connectivity index (χ2n) is 2.92. The number of halogens is 6. The Morgan fingerprint density at radius 1 is 1.06 bits per heavy atom. The maximum atomic E-state index is 12.9. The fourth-order valence-electron chi connectivity index (χ4n) is 0.992. The van der Waals surface area contributed by atoms with Crippen molar-refractivity contribution in [1.82, 2.24) is 0 Å². The summed E-state index contributed by atoms with van der Waals surface area (Å²) >= 11 is 0. The number of carbonyl (C=O) groups is 1. The van der Waals surface area contributed by atoms with E-state index < -0.39 is 41.4 Å². The highest BCUT2D eigenvalue weighted by atomic mass is 19.4. The van der Waals surface area contributed by atoms with Crippen LogP contribution in [0.2, 0.25) is 0 Å². The quantitative estimate of drug-likeness (QED) is 0.575. The van der Waals surface area contributed by atoms with Crippen LogP contribution in [0.1, 0.15) is 5.56 Å². The minimum atomic E-state index is -5.20. The van der Waals surface area contributed by atoms with Gasteiger partial charge < -0.3 is 0 Å². The van der Waals surface area contributed by atoms with Crippen LogP contribution in [0.25, 0.3) is 0 Å². The molecule has 1 aromatic rings. The van der Waals surface area contributed by atoms with Gasteiger partial charge in [0, 0.05) is 12.0 Å². The second kappa shape index (κ2) is 4.15. The Morgan fingerprint density at radius 2 is 1.56 bits per heavy atom. The van der Waals surface area contributed by atoms with Gasteiger partial charge in [-0.05, 0) is 12.1 Å². The molecule has 0 radical (unpaired) electrons. The molecule has 0 aliphatic carbocycles. The SMILES string of the molecule is O=C(Cc1c(F)ccc(F)c1F)C(F)(F)F. The van der Waals surface area contributed by atoms with Gasteiger partial charge in [0.2, 0.25) is 5.78 Å². The maximum absolute atomic E-state index is 12.9. The predicted octanol–water partition coefficient (Wildman–Crippen LogP) is 2.78. The zero-order chi connectivity index (χ0) is 12.5. The minimum Gasteiger partial charge on any atom is -0.289 e. The molecule has 0 fully saturated rings. The van der Waals surface area contributed by atoms with E-state index in [9.17, 15) is 31.1 Å². The Hall–Kier alpha value is -1.53. The fraction of sp³-hybridized carbons (Fsp3) is 0.222. The van der Waals surface area contributed by atoms with Gasteiger partial charge in [-0.2, -0.15) is 13.2 Å². The van der Waals surface area contributed by atoms with E-state index in [1.165, 1.54) is 0 Å². The van der Waals surface area contributed by atoms with Gasteiger partial charge in [-0.25, -0.2) is 13.2 Å². The Balaban J connectivity index is 3.07. The van der Waals surface area contributed by atoms with Crippen molar-refractivity contribution in [3.05, 3.63) is 35.1 Å². The number of carbonyl (C=O) groups excluding carboxylic acids is 1. The first kappa shape index (κ1) is 12.5. The van der Waals surface area contributed by atoms with Gasteiger partial charge in [0.1, 0.15) is 5.82 Å². The minimum absolute atomic E-state index is 0.423. The second-order valence-corrected chi connectivity index (χ2v) is 2.92. The molecule has 1 aromatic carbocycles. The highest BCUT2D eigenvalue weighted by Gasteiger charge is 2.39. The molecule has 0 heterocycles. The Kier molecular flexibility index (Phi) is 3.25. The van der Waals surface area contributed by atoms with E-state index >= 15 is 0 Å². The standard InChI is InChI=1S/C9H4F6O/c10-5-1-2-6(11)8(12)4(5)3-7(16)9(13,14)15/h1-2H,3H2. The fourth-order valence-corrected chi connectivity index (χ4v) is 0.992. The van der Waals surface area contributed by atoms with Crippen molar-refractivity contribution in [2.45, 2.75) is 12.6 Å². The van der Waals surface area contributed by atoms with Gasteiger partial charge >= 0.3 is 6.18 Å². The lowest BCUT2D eigenvalue weighted by Gasteiger charge is -2.07. The van der Waals surface area contributed by atoms with Crippen LogP contribution in [0.5, 0.6) is 0 Å². The first-order chi connectivity index (χ1) is 7.23. The van der Waals surface area contributed by atoms with Crippen molar-refractivity contribution in [3.8, 4) is 0 Å². The zero-order valence-electron chi connectivity index (χ0n) is 7.54. The molecule has 0 spiro atoms. The van der Waals surface area contributed by atoms with E-state index in [0.29, 0.717) is 12.1 Å². The number of rotatable bonds is 2. The molecule has 0 saturated heterocycles. The molecule has 7 heteroatoms. The highest BCUT2D eigenvalue weighted by Crippen LogP contribution is 2.22. The topological polar surface area (TPSA) is 17.1 Å². The van der Waals surface area contributed by atoms with Crippen LogP contribution in [-0.4, -0.2) is 12.0 Å². The van der Waals surface area contributed by atoms with E-state index in [4.69, 9.17) is 0 Å². The van der Waals surface area contributed by atoms with Gasteiger partial charge in [0.25, 0.3) is 0 Å². The molecule has 0 bridgehead atoms. The number of ketones is 1. The van der Waals surface area contributed by atoms with E-state index in [1.54, 1.807) is 0 Å². The summed E-state index contributed by atoms with van der Waals surface area (Å²) in [6.45, 7) is 0.